The Morgan fingerprint density at radius 2 is 2.14 bits per heavy atom. The lowest BCUT2D eigenvalue weighted by Crippen LogP contribution is -2.35. The van der Waals surface area contributed by atoms with Crippen LogP contribution in [0.25, 0.3) is 0 Å². The van der Waals surface area contributed by atoms with Crippen LogP contribution in [0.1, 0.15) is 37.7 Å². The highest BCUT2D eigenvalue weighted by molar-refractivity contribution is 6.32. The summed E-state index contributed by atoms with van der Waals surface area (Å²) in [6.45, 7) is 0.762. The van der Waals surface area contributed by atoms with E-state index in [-0.39, 0.29) is 12.5 Å². The van der Waals surface area contributed by atoms with Crippen LogP contribution in [0.15, 0.2) is 18.2 Å². The van der Waals surface area contributed by atoms with Gasteiger partial charge in [0.15, 0.2) is 6.61 Å². The van der Waals surface area contributed by atoms with Gasteiger partial charge in [-0.3, -0.25) is 4.79 Å². The van der Waals surface area contributed by atoms with Crippen molar-refractivity contribution in [3.8, 4) is 11.8 Å². The summed E-state index contributed by atoms with van der Waals surface area (Å²) in [7, 11) is 1.82. The summed E-state index contributed by atoms with van der Waals surface area (Å²) in [4.78, 5) is 13.9. The zero-order valence-corrected chi connectivity index (χ0v) is 13.6. The predicted octanol–water partition coefficient (Wildman–Crippen LogP) is 3.63. The molecule has 5 heteroatoms. The van der Waals surface area contributed by atoms with Crippen molar-refractivity contribution in [3.05, 3.63) is 28.8 Å². The highest BCUT2D eigenvalue weighted by Crippen LogP contribution is 2.26. The number of hydrogen-bond acceptors (Lipinski definition) is 3. The fourth-order valence-electron chi connectivity index (χ4n) is 2.80. The molecule has 1 aromatic rings. The second-order valence-corrected chi connectivity index (χ2v) is 6.23. The van der Waals surface area contributed by atoms with Crippen molar-refractivity contribution in [2.75, 3.05) is 20.2 Å². The fourth-order valence-corrected chi connectivity index (χ4v) is 3.03. The first-order valence-electron chi connectivity index (χ1n) is 7.66. The maximum absolute atomic E-state index is 12.1. The number of benzene rings is 1. The first-order valence-corrected chi connectivity index (χ1v) is 8.04. The second-order valence-electron chi connectivity index (χ2n) is 5.82. The normalized spacial score (nSPS) is 15.1. The Kier molecular flexibility index (Phi) is 6.09. The summed E-state index contributed by atoms with van der Waals surface area (Å²) >= 11 is 6.03. The van der Waals surface area contributed by atoms with Crippen LogP contribution in [0.5, 0.6) is 5.75 Å². The summed E-state index contributed by atoms with van der Waals surface area (Å²) < 4.78 is 5.48. The van der Waals surface area contributed by atoms with E-state index in [4.69, 9.17) is 21.6 Å². The monoisotopic (exact) mass is 320 g/mol. The number of hydrogen-bond donors (Lipinski definition) is 0. The predicted molar refractivity (Wildman–Crippen MR) is 85.9 cm³/mol. The number of nitriles is 1. The van der Waals surface area contributed by atoms with Gasteiger partial charge in [0.25, 0.3) is 5.91 Å². The first kappa shape index (κ1) is 16.6. The molecular formula is C17H21ClN2O2. The standard InChI is InChI=1S/C17H21ClN2O2/c1-20(11-13-5-3-2-4-6-13)17(21)12-22-16-8-7-14(10-19)9-15(16)18/h7-9,13H,2-6,11-12H2,1H3. The third-order valence-electron chi connectivity index (χ3n) is 4.09. The minimum atomic E-state index is -0.0500. The van der Waals surface area contributed by atoms with Gasteiger partial charge in [-0.1, -0.05) is 30.9 Å². The number of amides is 1. The van der Waals surface area contributed by atoms with E-state index >= 15 is 0 Å². The van der Waals surface area contributed by atoms with E-state index in [1.807, 2.05) is 13.1 Å². The largest absolute Gasteiger partial charge is 0.482 e. The zero-order valence-electron chi connectivity index (χ0n) is 12.8. The summed E-state index contributed by atoms with van der Waals surface area (Å²) in [6.07, 6.45) is 6.27. The highest BCUT2D eigenvalue weighted by atomic mass is 35.5. The molecule has 22 heavy (non-hydrogen) atoms. The average molecular weight is 321 g/mol. The summed E-state index contributed by atoms with van der Waals surface area (Å²) in [5, 5.41) is 9.14. The Hall–Kier alpha value is -1.73. The third kappa shape index (κ3) is 4.64. The quantitative estimate of drug-likeness (QED) is 0.832. The Bertz CT molecular complexity index is 562. The number of ether oxygens (including phenoxy) is 1. The van der Waals surface area contributed by atoms with Crippen LogP contribution >= 0.6 is 11.6 Å². The molecule has 1 aliphatic rings. The van der Waals surface area contributed by atoms with Gasteiger partial charge in [0.05, 0.1) is 16.7 Å². The molecule has 0 unspecified atom stereocenters. The zero-order chi connectivity index (χ0) is 15.9. The van der Waals surface area contributed by atoms with Gasteiger partial charge in [0.1, 0.15) is 5.75 Å². The fraction of sp³-hybridized carbons (Fsp3) is 0.529. The summed E-state index contributed by atoms with van der Waals surface area (Å²) in [5.74, 6) is 0.993. The molecule has 0 heterocycles. The molecular weight excluding hydrogens is 300 g/mol. The molecule has 0 atom stereocenters. The van der Waals surface area contributed by atoms with Gasteiger partial charge in [-0.05, 0) is 37.0 Å². The van der Waals surface area contributed by atoms with Crippen LogP contribution in [-0.2, 0) is 4.79 Å². The van der Waals surface area contributed by atoms with Crippen molar-refractivity contribution >= 4 is 17.5 Å². The lowest BCUT2D eigenvalue weighted by atomic mass is 9.89. The topological polar surface area (TPSA) is 53.3 Å². The molecule has 118 valence electrons. The van der Waals surface area contributed by atoms with Crippen LogP contribution in [0.4, 0.5) is 0 Å². The lowest BCUT2D eigenvalue weighted by molar-refractivity contribution is -0.132. The van der Waals surface area contributed by atoms with Crippen LogP contribution in [0, 0.1) is 17.2 Å². The van der Waals surface area contributed by atoms with Gasteiger partial charge in [0, 0.05) is 13.6 Å². The number of carbonyl (C=O) groups is 1. The van der Waals surface area contributed by atoms with Gasteiger partial charge >= 0.3 is 0 Å². The molecule has 0 bridgehead atoms. The molecule has 1 fully saturated rings. The van der Waals surface area contributed by atoms with Crippen LogP contribution in [-0.4, -0.2) is 31.0 Å². The molecule has 1 amide bonds. The Morgan fingerprint density at radius 1 is 1.41 bits per heavy atom. The van der Waals surface area contributed by atoms with Gasteiger partial charge in [-0.15, -0.1) is 0 Å². The molecule has 1 aliphatic carbocycles. The van der Waals surface area contributed by atoms with Crippen molar-refractivity contribution in [2.45, 2.75) is 32.1 Å². The van der Waals surface area contributed by atoms with Crippen molar-refractivity contribution in [1.29, 1.82) is 5.26 Å². The van der Waals surface area contributed by atoms with Crippen LogP contribution in [0.3, 0.4) is 0 Å². The molecule has 4 nitrogen and oxygen atoms in total. The van der Waals surface area contributed by atoms with Crippen molar-refractivity contribution in [1.82, 2.24) is 4.90 Å². The molecule has 0 N–H and O–H groups in total. The van der Waals surface area contributed by atoms with E-state index in [0.29, 0.717) is 22.3 Å². The number of rotatable bonds is 5. The Labute approximate surface area is 136 Å². The Balaban J connectivity index is 1.82. The van der Waals surface area contributed by atoms with Gasteiger partial charge in [-0.2, -0.15) is 5.26 Å². The van der Waals surface area contributed by atoms with Crippen molar-refractivity contribution in [2.24, 2.45) is 5.92 Å². The second kappa shape index (κ2) is 8.05. The maximum atomic E-state index is 12.1. The van der Waals surface area contributed by atoms with E-state index < -0.39 is 0 Å². The van der Waals surface area contributed by atoms with Gasteiger partial charge in [-0.25, -0.2) is 0 Å². The molecule has 0 spiro atoms. The number of carbonyl (C=O) groups excluding carboxylic acids is 1. The highest BCUT2D eigenvalue weighted by Gasteiger charge is 2.18. The maximum Gasteiger partial charge on any atom is 0.260 e. The molecule has 1 saturated carbocycles. The molecule has 1 aromatic carbocycles. The molecule has 0 aliphatic heterocycles. The van der Waals surface area contributed by atoms with Gasteiger partial charge < -0.3 is 9.64 Å². The molecule has 0 aromatic heterocycles. The molecule has 0 saturated heterocycles. The molecule has 0 radical (unpaired) electrons. The van der Waals surface area contributed by atoms with Gasteiger partial charge in [0.2, 0.25) is 0 Å². The average Bonchev–Trinajstić information content (AvgIpc) is 2.54. The van der Waals surface area contributed by atoms with Crippen molar-refractivity contribution in [3.63, 3.8) is 0 Å². The molecule has 2 rings (SSSR count). The lowest BCUT2D eigenvalue weighted by Gasteiger charge is -2.27. The number of halogens is 1. The van der Waals surface area contributed by atoms with Crippen molar-refractivity contribution < 1.29 is 9.53 Å². The minimum Gasteiger partial charge on any atom is -0.482 e. The summed E-state index contributed by atoms with van der Waals surface area (Å²) in [6, 6.07) is 6.79. The number of likely N-dealkylation sites (N-methyl/N-ethyl adjacent to an activating group) is 1. The first-order chi connectivity index (χ1) is 10.6. The summed E-state index contributed by atoms with van der Waals surface area (Å²) in [5.41, 5.74) is 0.470. The van der Waals surface area contributed by atoms with Crippen LogP contribution < -0.4 is 4.74 Å². The van der Waals surface area contributed by atoms with E-state index in [2.05, 4.69) is 0 Å². The van der Waals surface area contributed by atoms with E-state index in [9.17, 15) is 4.79 Å². The minimum absolute atomic E-state index is 0.0329. The Morgan fingerprint density at radius 3 is 2.77 bits per heavy atom. The van der Waals surface area contributed by atoms with E-state index in [1.54, 1.807) is 17.0 Å². The van der Waals surface area contributed by atoms with E-state index in [1.165, 1.54) is 38.2 Å². The van der Waals surface area contributed by atoms with E-state index in [0.717, 1.165) is 6.54 Å². The van der Waals surface area contributed by atoms with Crippen LogP contribution in [0.2, 0.25) is 5.02 Å². The SMILES string of the molecule is CN(CC1CCCCC1)C(=O)COc1ccc(C#N)cc1Cl. The smallest absolute Gasteiger partial charge is 0.260 e. The number of nitrogens with zero attached hydrogens (tertiary/aromatic N) is 2. The third-order valence-corrected chi connectivity index (χ3v) is 4.39.